The van der Waals surface area contributed by atoms with E-state index in [-0.39, 0.29) is 22.3 Å². The first-order chi connectivity index (χ1) is 13.3. The van der Waals surface area contributed by atoms with E-state index in [2.05, 4.69) is 5.32 Å². The Morgan fingerprint density at radius 1 is 1.11 bits per heavy atom. The zero-order valence-electron chi connectivity index (χ0n) is 15.7. The molecule has 1 saturated carbocycles. The van der Waals surface area contributed by atoms with Crippen LogP contribution >= 0.6 is 0 Å². The maximum absolute atomic E-state index is 13.0. The molecular weight excluding hydrogens is 380 g/mol. The molecule has 0 amide bonds. The fraction of sp³-hybridized carbons (Fsp3) is 0.368. The number of nitrogens with zero attached hydrogens (tertiary/aromatic N) is 2. The third-order valence-electron chi connectivity index (χ3n) is 5.12. The summed E-state index contributed by atoms with van der Waals surface area (Å²) in [5, 5.41) is 14.5. The summed E-state index contributed by atoms with van der Waals surface area (Å²) in [7, 11) is -2.25. The van der Waals surface area contributed by atoms with Crippen LogP contribution in [-0.4, -0.2) is 30.7 Å². The van der Waals surface area contributed by atoms with Gasteiger partial charge in [0, 0.05) is 30.5 Å². The van der Waals surface area contributed by atoms with E-state index in [1.807, 2.05) is 0 Å². The molecule has 0 spiro atoms. The second kappa shape index (κ2) is 8.15. The lowest BCUT2D eigenvalue weighted by atomic mass is 9.96. The van der Waals surface area contributed by atoms with E-state index >= 15 is 0 Å². The van der Waals surface area contributed by atoms with Crippen molar-refractivity contribution in [1.29, 1.82) is 0 Å². The lowest BCUT2D eigenvalue weighted by Gasteiger charge is -2.30. The highest BCUT2D eigenvalue weighted by Gasteiger charge is 2.30. The number of nitrogens with two attached hydrogens (primary N) is 1. The van der Waals surface area contributed by atoms with Gasteiger partial charge < -0.3 is 11.1 Å². The number of benzene rings is 2. The lowest BCUT2D eigenvalue weighted by Crippen LogP contribution is -2.38. The first-order valence-corrected chi connectivity index (χ1v) is 10.6. The van der Waals surface area contributed by atoms with Crippen LogP contribution in [0.1, 0.15) is 32.1 Å². The van der Waals surface area contributed by atoms with Crippen LogP contribution in [-0.2, 0) is 10.0 Å². The van der Waals surface area contributed by atoms with Gasteiger partial charge in [0.05, 0.1) is 9.82 Å². The molecule has 0 aliphatic heterocycles. The first kappa shape index (κ1) is 20.1. The third kappa shape index (κ3) is 4.26. The van der Waals surface area contributed by atoms with E-state index < -0.39 is 14.9 Å². The van der Waals surface area contributed by atoms with Gasteiger partial charge >= 0.3 is 0 Å². The van der Waals surface area contributed by atoms with Gasteiger partial charge in [-0.25, -0.2) is 8.42 Å². The number of nitrogens with one attached hydrogen (secondary N) is 1. The second-order valence-corrected chi connectivity index (χ2v) is 8.99. The quantitative estimate of drug-likeness (QED) is 0.428. The van der Waals surface area contributed by atoms with Crippen molar-refractivity contribution >= 4 is 32.8 Å². The molecular formula is C19H24N4O4S. The zero-order chi connectivity index (χ0) is 20.3. The number of hydrogen-bond donors (Lipinski definition) is 2. The minimum Gasteiger partial charge on any atom is -0.399 e. The normalized spacial score (nSPS) is 15.5. The van der Waals surface area contributed by atoms with E-state index in [4.69, 9.17) is 5.73 Å². The van der Waals surface area contributed by atoms with Gasteiger partial charge in [-0.1, -0.05) is 19.3 Å². The predicted octanol–water partition coefficient (Wildman–Crippen LogP) is 3.87. The number of anilines is 3. The predicted molar refractivity (Wildman–Crippen MR) is 109 cm³/mol. The van der Waals surface area contributed by atoms with E-state index in [9.17, 15) is 18.5 Å². The second-order valence-electron chi connectivity index (χ2n) is 7.00. The van der Waals surface area contributed by atoms with Gasteiger partial charge in [-0.05, 0) is 49.2 Å². The van der Waals surface area contributed by atoms with Crippen LogP contribution in [0.2, 0.25) is 0 Å². The molecule has 0 bridgehead atoms. The van der Waals surface area contributed by atoms with E-state index in [0.717, 1.165) is 38.2 Å². The zero-order valence-corrected chi connectivity index (χ0v) is 16.5. The molecule has 1 aliphatic carbocycles. The lowest BCUT2D eigenvalue weighted by molar-refractivity contribution is -0.384. The van der Waals surface area contributed by atoms with Gasteiger partial charge in [-0.3, -0.25) is 10.1 Å². The van der Waals surface area contributed by atoms with Gasteiger partial charge in [-0.2, -0.15) is 4.31 Å². The molecule has 28 heavy (non-hydrogen) atoms. The highest BCUT2D eigenvalue weighted by Crippen LogP contribution is 2.33. The average molecular weight is 404 g/mol. The Morgan fingerprint density at radius 2 is 1.75 bits per heavy atom. The number of sulfonamides is 1. The minimum absolute atomic E-state index is 0.0645. The van der Waals surface area contributed by atoms with Crippen molar-refractivity contribution in [2.75, 3.05) is 18.1 Å². The largest absolute Gasteiger partial charge is 0.399 e. The summed E-state index contributed by atoms with van der Waals surface area (Å²) in [6.07, 6.45) is 4.73. The van der Waals surface area contributed by atoms with E-state index in [1.54, 1.807) is 31.3 Å². The Labute approximate surface area is 164 Å². The van der Waals surface area contributed by atoms with Crippen molar-refractivity contribution in [3.63, 3.8) is 0 Å². The van der Waals surface area contributed by atoms with Crippen LogP contribution in [0, 0.1) is 10.1 Å². The summed E-state index contributed by atoms with van der Waals surface area (Å²) in [4.78, 5) is 10.9. The smallest absolute Gasteiger partial charge is 0.294 e. The van der Waals surface area contributed by atoms with E-state index in [1.165, 1.54) is 16.4 Å². The monoisotopic (exact) mass is 404 g/mol. The first-order valence-electron chi connectivity index (χ1n) is 9.18. The molecule has 2 aromatic carbocycles. The maximum Gasteiger partial charge on any atom is 0.294 e. The van der Waals surface area contributed by atoms with Crippen molar-refractivity contribution < 1.29 is 13.3 Å². The minimum atomic E-state index is -3.81. The van der Waals surface area contributed by atoms with Crippen LogP contribution < -0.4 is 11.1 Å². The summed E-state index contributed by atoms with van der Waals surface area (Å²) >= 11 is 0. The number of nitro benzene ring substituents is 1. The van der Waals surface area contributed by atoms with Crippen molar-refractivity contribution in [2.45, 2.75) is 43.0 Å². The van der Waals surface area contributed by atoms with Crippen LogP contribution in [0.3, 0.4) is 0 Å². The van der Waals surface area contributed by atoms with Gasteiger partial charge in [0.2, 0.25) is 10.0 Å². The van der Waals surface area contributed by atoms with Crippen molar-refractivity contribution in [3.8, 4) is 0 Å². The number of hydrogen-bond acceptors (Lipinski definition) is 6. The Morgan fingerprint density at radius 3 is 2.36 bits per heavy atom. The highest BCUT2D eigenvalue weighted by atomic mass is 32.2. The van der Waals surface area contributed by atoms with Crippen molar-refractivity contribution in [2.24, 2.45) is 0 Å². The molecule has 3 N–H and O–H groups in total. The summed E-state index contributed by atoms with van der Waals surface area (Å²) in [6, 6.07) is 10.6. The molecule has 0 atom stereocenters. The highest BCUT2D eigenvalue weighted by molar-refractivity contribution is 7.89. The number of nitro groups is 1. The van der Waals surface area contributed by atoms with Crippen molar-refractivity contribution in [3.05, 3.63) is 52.6 Å². The Bertz CT molecular complexity index is 954. The van der Waals surface area contributed by atoms with Gasteiger partial charge in [0.1, 0.15) is 5.69 Å². The fourth-order valence-corrected chi connectivity index (χ4v) is 4.89. The molecule has 1 fully saturated rings. The summed E-state index contributed by atoms with van der Waals surface area (Å²) in [5.74, 6) is 0. The van der Waals surface area contributed by atoms with Crippen LogP contribution in [0.5, 0.6) is 0 Å². The molecule has 0 unspecified atom stereocenters. The van der Waals surface area contributed by atoms with Crippen molar-refractivity contribution in [1.82, 2.24) is 4.31 Å². The standard InChI is InChI=1S/C19H24N4O4S/c1-22(16-5-3-2-4-6-16)28(26,27)17-11-12-18(19(13-17)23(24)25)21-15-9-7-14(20)8-10-15/h7-13,16,21H,2-6,20H2,1H3. The SMILES string of the molecule is CN(C1CCCCC1)S(=O)(=O)c1ccc(Nc2ccc(N)cc2)c([N+](=O)[O-])c1. The molecule has 2 aromatic rings. The third-order valence-corrected chi connectivity index (χ3v) is 7.03. The molecule has 0 aromatic heterocycles. The van der Waals surface area contributed by atoms with Gasteiger partial charge in [0.15, 0.2) is 0 Å². The molecule has 9 heteroatoms. The Kier molecular flexibility index (Phi) is 5.85. The summed E-state index contributed by atoms with van der Waals surface area (Å²) in [5.41, 5.74) is 6.76. The Hall–Kier alpha value is -2.65. The number of nitrogen functional groups attached to an aromatic ring is 1. The molecule has 0 radical (unpaired) electrons. The van der Waals surface area contributed by atoms with E-state index in [0.29, 0.717) is 11.4 Å². The molecule has 1 aliphatic rings. The van der Waals surface area contributed by atoms with Crippen LogP contribution in [0.4, 0.5) is 22.7 Å². The number of rotatable bonds is 6. The fourth-order valence-electron chi connectivity index (χ4n) is 3.46. The van der Waals surface area contributed by atoms with Crippen LogP contribution in [0.15, 0.2) is 47.4 Å². The maximum atomic E-state index is 13.0. The molecule has 3 rings (SSSR count). The van der Waals surface area contributed by atoms with Crippen LogP contribution in [0.25, 0.3) is 0 Å². The summed E-state index contributed by atoms with van der Waals surface area (Å²) in [6.45, 7) is 0. The molecule has 8 nitrogen and oxygen atoms in total. The Balaban J connectivity index is 1.91. The molecule has 0 saturated heterocycles. The molecule has 0 heterocycles. The van der Waals surface area contributed by atoms with Gasteiger partial charge in [-0.15, -0.1) is 0 Å². The molecule has 150 valence electrons. The topological polar surface area (TPSA) is 119 Å². The average Bonchev–Trinajstić information content (AvgIpc) is 2.69. The van der Waals surface area contributed by atoms with Gasteiger partial charge in [0.25, 0.3) is 5.69 Å². The summed E-state index contributed by atoms with van der Waals surface area (Å²) < 4.78 is 27.3.